The highest BCUT2D eigenvalue weighted by Crippen LogP contribution is 2.23. The largest absolute Gasteiger partial charge is 0.368 e. The number of alkyl halides is 1. The molecular weight excluding hydrogens is 318 g/mol. The summed E-state index contributed by atoms with van der Waals surface area (Å²) in [5.41, 5.74) is -0.229. The van der Waals surface area contributed by atoms with E-state index in [1.807, 2.05) is 4.90 Å². The van der Waals surface area contributed by atoms with E-state index in [1.165, 1.54) is 32.1 Å². The maximum Gasteiger partial charge on any atom is 0.222 e. The van der Waals surface area contributed by atoms with Crippen LogP contribution >= 0.6 is 15.9 Å². The number of carbonyl (C=O) groups excluding carboxylic acids is 1. The highest BCUT2D eigenvalue weighted by molar-refractivity contribution is 9.09. The van der Waals surface area contributed by atoms with Crippen LogP contribution in [0, 0.1) is 0 Å². The molecule has 20 heavy (non-hydrogen) atoms. The molecule has 1 heterocycles. The van der Waals surface area contributed by atoms with Crippen LogP contribution in [0.4, 0.5) is 0 Å². The van der Waals surface area contributed by atoms with Crippen LogP contribution in [0.5, 0.6) is 0 Å². The molecule has 3 nitrogen and oxygen atoms in total. The zero-order valence-corrected chi connectivity index (χ0v) is 14.9. The van der Waals surface area contributed by atoms with Gasteiger partial charge in [-0.15, -0.1) is 0 Å². The molecule has 0 spiro atoms. The molecule has 1 rings (SSSR count). The van der Waals surface area contributed by atoms with Gasteiger partial charge < -0.3 is 9.64 Å². The number of halogens is 1. The molecule has 0 bridgehead atoms. The Morgan fingerprint density at radius 3 is 2.55 bits per heavy atom. The Morgan fingerprint density at radius 2 is 1.90 bits per heavy atom. The Labute approximate surface area is 132 Å². The summed E-state index contributed by atoms with van der Waals surface area (Å²) in [6, 6.07) is 0. The van der Waals surface area contributed by atoms with Crippen molar-refractivity contribution in [2.75, 3.05) is 18.4 Å². The summed E-state index contributed by atoms with van der Waals surface area (Å²) in [7, 11) is 0. The highest BCUT2D eigenvalue weighted by atomic mass is 79.9. The SMILES string of the molecule is CCCCCCCCC(=O)N1CC(CBr)OC(C)(C)C1. The second kappa shape index (κ2) is 9.04. The number of carbonyl (C=O) groups is 1. The second-order valence-corrected chi connectivity index (χ2v) is 7.09. The molecule has 0 aliphatic carbocycles. The lowest BCUT2D eigenvalue weighted by Crippen LogP contribution is -2.55. The summed E-state index contributed by atoms with van der Waals surface area (Å²) in [6.45, 7) is 7.79. The van der Waals surface area contributed by atoms with Crippen molar-refractivity contribution in [2.24, 2.45) is 0 Å². The standard InChI is InChI=1S/C16H30BrNO2/c1-4-5-6-7-8-9-10-15(19)18-12-14(11-17)20-16(2,3)13-18/h14H,4-13H2,1-3H3. The van der Waals surface area contributed by atoms with Crippen LogP contribution in [0.3, 0.4) is 0 Å². The van der Waals surface area contributed by atoms with Gasteiger partial charge in [-0.25, -0.2) is 0 Å². The minimum absolute atomic E-state index is 0.118. The summed E-state index contributed by atoms with van der Waals surface area (Å²) in [5.74, 6) is 0.294. The van der Waals surface area contributed by atoms with Crippen molar-refractivity contribution in [3.63, 3.8) is 0 Å². The fourth-order valence-corrected chi connectivity index (χ4v) is 3.12. The number of rotatable bonds is 8. The monoisotopic (exact) mass is 347 g/mol. The van der Waals surface area contributed by atoms with E-state index in [-0.39, 0.29) is 11.7 Å². The van der Waals surface area contributed by atoms with E-state index in [1.54, 1.807) is 0 Å². The van der Waals surface area contributed by atoms with E-state index in [0.717, 1.165) is 18.3 Å². The fraction of sp³-hybridized carbons (Fsp3) is 0.938. The van der Waals surface area contributed by atoms with Crippen molar-refractivity contribution in [1.82, 2.24) is 4.90 Å². The van der Waals surface area contributed by atoms with E-state index in [0.29, 0.717) is 18.9 Å². The van der Waals surface area contributed by atoms with Gasteiger partial charge in [0.25, 0.3) is 0 Å². The van der Waals surface area contributed by atoms with Crippen molar-refractivity contribution >= 4 is 21.8 Å². The lowest BCUT2D eigenvalue weighted by atomic mass is 10.0. The van der Waals surface area contributed by atoms with Gasteiger partial charge in [0.05, 0.1) is 11.7 Å². The Kier molecular flexibility index (Phi) is 8.11. The molecule has 1 saturated heterocycles. The van der Waals surface area contributed by atoms with Crippen molar-refractivity contribution < 1.29 is 9.53 Å². The molecule has 0 aromatic rings. The van der Waals surface area contributed by atoms with E-state index in [9.17, 15) is 4.79 Å². The molecule has 1 aliphatic rings. The molecule has 1 amide bonds. The van der Waals surface area contributed by atoms with Gasteiger partial charge in [-0.05, 0) is 20.3 Å². The molecule has 0 aromatic heterocycles. The van der Waals surface area contributed by atoms with Gasteiger partial charge in [0, 0.05) is 24.8 Å². The number of hydrogen-bond donors (Lipinski definition) is 0. The zero-order valence-electron chi connectivity index (χ0n) is 13.3. The Balaban J connectivity index is 2.27. The summed E-state index contributed by atoms with van der Waals surface area (Å²) in [4.78, 5) is 14.3. The third-order valence-corrected chi connectivity index (χ3v) is 4.47. The van der Waals surface area contributed by atoms with Crippen LogP contribution in [0.15, 0.2) is 0 Å². The number of nitrogens with zero attached hydrogens (tertiary/aromatic N) is 1. The van der Waals surface area contributed by atoms with Crippen molar-refractivity contribution in [2.45, 2.75) is 77.4 Å². The summed E-state index contributed by atoms with van der Waals surface area (Å²) < 4.78 is 5.93. The molecular formula is C16H30BrNO2. The van der Waals surface area contributed by atoms with Crippen molar-refractivity contribution in [3.05, 3.63) is 0 Å². The zero-order chi connectivity index (χ0) is 15.0. The predicted octanol–water partition coefficient (Wildman–Crippen LogP) is 4.14. The molecule has 1 fully saturated rings. The van der Waals surface area contributed by atoms with Gasteiger partial charge >= 0.3 is 0 Å². The maximum absolute atomic E-state index is 12.3. The van der Waals surface area contributed by atoms with E-state index in [2.05, 4.69) is 36.7 Å². The van der Waals surface area contributed by atoms with Crippen molar-refractivity contribution in [3.8, 4) is 0 Å². The van der Waals surface area contributed by atoms with Gasteiger partial charge in [0.2, 0.25) is 5.91 Å². The summed E-state index contributed by atoms with van der Waals surface area (Å²) >= 11 is 3.46. The molecule has 1 atom stereocenters. The normalized spacial score (nSPS) is 22.0. The van der Waals surface area contributed by atoms with Gasteiger partial charge in [-0.2, -0.15) is 0 Å². The highest BCUT2D eigenvalue weighted by Gasteiger charge is 2.34. The number of unbranched alkanes of at least 4 members (excludes halogenated alkanes) is 5. The molecule has 0 saturated carbocycles. The fourth-order valence-electron chi connectivity index (χ4n) is 2.78. The Hall–Kier alpha value is -0.0900. The van der Waals surface area contributed by atoms with Crippen LogP contribution in [-0.2, 0) is 9.53 Å². The maximum atomic E-state index is 12.3. The van der Waals surface area contributed by atoms with E-state index in [4.69, 9.17) is 4.74 Å². The van der Waals surface area contributed by atoms with E-state index >= 15 is 0 Å². The summed E-state index contributed by atoms with van der Waals surface area (Å²) in [5, 5.41) is 0.789. The lowest BCUT2D eigenvalue weighted by molar-refractivity contribution is -0.157. The minimum Gasteiger partial charge on any atom is -0.368 e. The second-order valence-electron chi connectivity index (χ2n) is 6.45. The smallest absolute Gasteiger partial charge is 0.222 e. The van der Waals surface area contributed by atoms with Gasteiger partial charge in [-0.1, -0.05) is 55.0 Å². The number of hydrogen-bond acceptors (Lipinski definition) is 2. The quantitative estimate of drug-likeness (QED) is 0.487. The minimum atomic E-state index is -0.229. The first-order valence-electron chi connectivity index (χ1n) is 8.00. The lowest BCUT2D eigenvalue weighted by Gasteiger charge is -2.42. The van der Waals surface area contributed by atoms with Gasteiger partial charge in [0.1, 0.15) is 0 Å². The molecule has 1 aliphatic heterocycles. The average molecular weight is 348 g/mol. The first-order chi connectivity index (χ1) is 9.48. The van der Waals surface area contributed by atoms with Crippen LogP contribution in [0.1, 0.15) is 65.7 Å². The topological polar surface area (TPSA) is 29.5 Å². The first kappa shape index (κ1) is 18.0. The molecule has 118 valence electrons. The number of amides is 1. The molecule has 1 unspecified atom stereocenters. The summed E-state index contributed by atoms with van der Waals surface area (Å²) in [6.07, 6.45) is 8.18. The van der Waals surface area contributed by atoms with Crippen LogP contribution in [0.2, 0.25) is 0 Å². The number of morpholine rings is 1. The number of ether oxygens (including phenoxy) is 1. The van der Waals surface area contributed by atoms with Crippen molar-refractivity contribution in [1.29, 1.82) is 0 Å². The third-order valence-electron chi connectivity index (χ3n) is 3.75. The van der Waals surface area contributed by atoms with Gasteiger partial charge in [0.15, 0.2) is 0 Å². The Bertz CT molecular complexity index is 294. The van der Waals surface area contributed by atoms with Crippen LogP contribution in [0.25, 0.3) is 0 Å². The average Bonchev–Trinajstić information content (AvgIpc) is 2.40. The van der Waals surface area contributed by atoms with Crippen LogP contribution in [-0.4, -0.2) is 40.9 Å². The first-order valence-corrected chi connectivity index (χ1v) is 9.12. The van der Waals surface area contributed by atoms with Gasteiger partial charge in [-0.3, -0.25) is 4.79 Å². The predicted molar refractivity (Wildman–Crippen MR) is 87.3 cm³/mol. The molecule has 4 heteroatoms. The molecule has 0 aromatic carbocycles. The van der Waals surface area contributed by atoms with Crippen LogP contribution < -0.4 is 0 Å². The molecule has 0 N–H and O–H groups in total. The Morgan fingerprint density at radius 1 is 1.25 bits per heavy atom. The van der Waals surface area contributed by atoms with E-state index < -0.39 is 0 Å². The third kappa shape index (κ3) is 6.57. The molecule has 0 radical (unpaired) electrons.